The fraction of sp³-hybridized carbons (Fsp3) is 0.391. The number of nitrogens with zero attached hydrogens (tertiary/aromatic N) is 1. The standard InChI is InChI=1S/C23H31N3O2/c1-23(2,3)19-11-13-20(14-12-19)25-22(28)18-9-7-17(8-10-18)21(27)24-15-6-16-26(4)5/h7-14H,6,15-16H2,1-5H3,(H,24,27)(H,25,28). The van der Waals surface area contributed by atoms with Gasteiger partial charge in [-0.3, -0.25) is 9.59 Å². The summed E-state index contributed by atoms with van der Waals surface area (Å²) in [4.78, 5) is 26.7. The number of amides is 2. The van der Waals surface area contributed by atoms with Crippen molar-refractivity contribution < 1.29 is 9.59 Å². The van der Waals surface area contributed by atoms with E-state index >= 15 is 0 Å². The highest BCUT2D eigenvalue weighted by molar-refractivity contribution is 6.05. The topological polar surface area (TPSA) is 61.4 Å². The number of rotatable bonds is 7. The largest absolute Gasteiger partial charge is 0.352 e. The van der Waals surface area contributed by atoms with E-state index in [1.807, 2.05) is 38.4 Å². The Morgan fingerprint density at radius 1 is 0.857 bits per heavy atom. The van der Waals surface area contributed by atoms with Crippen molar-refractivity contribution in [2.45, 2.75) is 32.6 Å². The molecule has 5 heteroatoms. The summed E-state index contributed by atoms with van der Waals surface area (Å²) in [6.07, 6.45) is 0.896. The first kappa shape index (κ1) is 21.6. The number of hydrogen-bond acceptors (Lipinski definition) is 3. The molecule has 28 heavy (non-hydrogen) atoms. The van der Waals surface area contributed by atoms with Crippen LogP contribution in [0.3, 0.4) is 0 Å². The summed E-state index contributed by atoms with van der Waals surface area (Å²) in [5, 5.41) is 5.79. The van der Waals surface area contributed by atoms with E-state index in [4.69, 9.17) is 0 Å². The van der Waals surface area contributed by atoms with Crippen LogP contribution in [0.1, 0.15) is 53.5 Å². The molecule has 0 aliphatic rings. The summed E-state index contributed by atoms with van der Waals surface area (Å²) in [6.45, 7) is 8.02. The van der Waals surface area contributed by atoms with Crippen molar-refractivity contribution >= 4 is 17.5 Å². The number of benzene rings is 2. The Labute approximate surface area is 168 Å². The van der Waals surface area contributed by atoms with E-state index in [1.165, 1.54) is 5.56 Å². The highest BCUT2D eigenvalue weighted by Gasteiger charge is 2.14. The van der Waals surface area contributed by atoms with Gasteiger partial charge in [-0.2, -0.15) is 0 Å². The average Bonchev–Trinajstić information content (AvgIpc) is 2.64. The molecule has 2 amide bonds. The second-order valence-electron chi connectivity index (χ2n) is 8.27. The van der Waals surface area contributed by atoms with E-state index in [-0.39, 0.29) is 17.2 Å². The molecule has 0 bridgehead atoms. The van der Waals surface area contributed by atoms with Crippen LogP contribution >= 0.6 is 0 Å². The van der Waals surface area contributed by atoms with E-state index in [2.05, 4.69) is 36.3 Å². The molecule has 2 aromatic rings. The lowest BCUT2D eigenvalue weighted by atomic mass is 9.87. The first-order valence-electron chi connectivity index (χ1n) is 9.62. The third kappa shape index (κ3) is 6.50. The van der Waals surface area contributed by atoms with Crippen LogP contribution in [0, 0.1) is 0 Å². The molecule has 0 saturated heterocycles. The van der Waals surface area contributed by atoms with Crippen molar-refractivity contribution in [3.63, 3.8) is 0 Å². The summed E-state index contributed by atoms with van der Waals surface area (Å²) >= 11 is 0. The number of carbonyl (C=O) groups is 2. The monoisotopic (exact) mass is 381 g/mol. The lowest BCUT2D eigenvalue weighted by molar-refractivity contribution is 0.0950. The van der Waals surface area contributed by atoms with Crippen molar-refractivity contribution in [3.8, 4) is 0 Å². The van der Waals surface area contributed by atoms with Gasteiger partial charge in [0.1, 0.15) is 0 Å². The van der Waals surface area contributed by atoms with Gasteiger partial charge in [0.05, 0.1) is 0 Å². The molecular weight excluding hydrogens is 350 g/mol. The highest BCUT2D eigenvalue weighted by atomic mass is 16.2. The first-order chi connectivity index (χ1) is 13.2. The molecule has 2 aromatic carbocycles. The molecule has 0 radical (unpaired) electrons. The van der Waals surface area contributed by atoms with Gasteiger partial charge in [0.25, 0.3) is 11.8 Å². The van der Waals surface area contributed by atoms with Gasteiger partial charge in [-0.15, -0.1) is 0 Å². The lowest BCUT2D eigenvalue weighted by Gasteiger charge is -2.19. The Kier molecular flexibility index (Phi) is 7.35. The quantitative estimate of drug-likeness (QED) is 0.715. The van der Waals surface area contributed by atoms with Crippen LogP contribution in [0.25, 0.3) is 0 Å². The van der Waals surface area contributed by atoms with Crippen LogP contribution in [-0.4, -0.2) is 43.9 Å². The fourth-order valence-corrected chi connectivity index (χ4v) is 2.73. The highest BCUT2D eigenvalue weighted by Crippen LogP contribution is 2.23. The molecule has 0 aliphatic heterocycles. The Morgan fingerprint density at radius 3 is 1.89 bits per heavy atom. The Balaban J connectivity index is 1.91. The Bertz CT molecular complexity index is 788. The van der Waals surface area contributed by atoms with E-state index in [0.29, 0.717) is 17.7 Å². The van der Waals surface area contributed by atoms with Crippen LogP contribution in [0.5, 0.6) is 0 Å². The number of hydrogen-bond donors (Lipinski definition) is 2. The zero-order valence-corrected chi connectivity index (χ0v) is 17.5. The molecule has 2 N–H and O–H groups in total. The lowest BCUT2D eigenvalue weighted by Crippen LogP contribution is -2.27. The zero-order chi connectivity index (χ0) is 20.7. The third-order valence-electron chi connectivity index (χ3n) is 4.49. The van der Waals surface area contributed by atoms with E-state index in [1.54, 1.807) is 24.3 Å². The molecule has 2 rings (SSSR count). The smallest absolute Gasteiger partial charge is 0.255 e. The maximum Gasteiger partial charge on any atom is 0.255 e. The summed E-state index contributed by atoms with van der Waals surface area (Å²) < 4.78 is 0. The molecule has 0 fully saturated rings. The van der Waals surface area contributed by atoms with Gasteiger partial charge in [0.2, 0.25) is 0 Å². The third-order valence-corrected chi connectivity index (χ3v) is 4.49. The Morgan fingerprint density at radius 2 is 1.39 bits per heavy atom. The summed E-state index contributed by atoms with van der Waals surface area (Å²) in [6, 6.07) is 14.6. The van der Waals surface area contributed by atoms with Gasteiger partial charge in [0, 0.05) is 23.4 Å². The molecule has 0 aromatic heterocycles. The van der Waals surface area contributed by atoms with Gasteiger partial charge >= 0.3 is 0 Å². The average molecular weight is 382 g/mol. The summed E-state index contributed by atoms with van der Waals surface area (Å²) in [5.41, 5.74) is 3.11. The molecule has 0 atom stereocenters. The SMILES string of the molecule is CN(C)CCCNC(=O)c1ccc(C(=O)Nc2ccc(C(C)(C)C)cc2)cc1. The van der Waals surface area contributed by atoms with E-state index in [0.717, 1.165) is 18.7 Å². The number of anilines is 1. The summed E-state index contributed by atoms with van der Waals surface area (Å²) in [5.74, 6) is -0.315. The molecule has 0 spiro atoms. The number of carbonyl (C=O) groups excluding carboxylic acids is 2. The molecule has 0 aliphatic carbocycles. The maximum absolute atomic E-state index is 12.4. The minimum Gasteiger partial charge on any atom is -0.352 e. The van der Waals surface area contributed by atoms with Crippen LogP contribution in [0.4, 0.5) is 5.69 Å². The first-order valence-corrected chi connectivity index (χ1v) is 9.62. The van der Waals surface area contributed by atoms with Gasteiger partial charge < -0.3 is 15.5 Å². The molecule has 5 nitrogen and oxygen atoms in total. The van der Waals surface area contributed by atoms with Crippen LogP contribution in [0.2, 0.25) is 0 Å². The zero-order valence-electron chi connectivity index (χ0n) is 17.5. The second kappa shape index (κ2) is 9.51. The molecule has 0 heterocycles. The van der Waals surface area contributed by atoms with Gasteiger partial charge in [-0.25, -0.2) is 0 Å². The van der Waals surface area contributed by atoms with Crippen molar-refractivity contribution in [2.75, 3.05) is 32.5 Å². The molecule has 150 valence electrons. The molecule has 0 saturated carbocycles. The van der Waals surface area contributed by atoms with E-state index < -0.39 is 0 Å². The van der Waals surface area contributed by atoms with Gasteiger partial charge in [-0.1, -0.05) is 32.9 Å². The number of nitrogens with one attached hydrogen (secondary N) is 2. The van der Waals surface area contributed by atoms with Gasteiger partial charge in [-0.05, 0) is 74.4 Å². The van der Waals surface area contributed by atoms with Crippen LogP contribution in [-0.2, 0) is 5.41 Å². The minimum atomic E-state index is -0.193. The van der Waals surface area contributed by atoms with Crippen LogP contribution < -0.4 is 10.6 Å². The maximum atomic E-state index is 12.4. The van der Waals surface area contributed by atoms with Crippen LogP contribution in [0.15, 0.2) is 48.5 Å². The Hall–Kier alpha value is -2.66. The minimum absolute atomic E-state index is 0.0748. The van der Waals surface area contributed by atoms with E-state index in [9.17, 15) is 9.59 Å². The predicted molar refractivity (Wildman–Crippen MR) is 115 cm³/mol. The summed E-state index contributed by atoms with van der Waals surface area (Å²) in [7, 11) is 4.01. The van der Waals surface area contributed by atoms with Crippen molar-refractivity contribution in [1.82, 2.24) is 10.2 Å². The van der Waals surface area contributed by atoms with Gasteiger partial charge in [0.15, 0.2) is 0 Å². The normalized spacial score (nSPS) is 11.4. The predicted octanol–water partition coefficient (Wildman–Crippen LogP) is 3.92. The van der Waals surface area contributed by atoms with Crippen molar-refractivity contribution in [2.24, 2.45) is 0 Å². The fourth-order valence-electron chi connectivity index (χ4n) is 2.73. The molecular formula is C23H31N3O2. The molecule has 0 unspecified atom stereocenters. The van der Waals surface area contributed by atoms with Crippen molar-refractivity contribution in [3.05, 3.63) is 65.2 Å². The van der Waals surface area contributed by atoms with Crippen molar-refractivity contribution in [1.29, 1.82) is 0 Å². The second-order valence-corrected chi connectivity index (χ2v) is 8.27.